The molecule has 0 aromatic carbocycles. The summed E-state index contributed by atoms with van der Waals surface area (Å²) in [5.41, 5.74) is 1.37. The Labute approximate surface area is 105 Å². The first-order valence-electron chi connectivity index (χ1n) is 6.62. The SMILES string of the molecule is CNC(c1ccn(CCCCCO)c1)C(C)C. The molecule has 3 nitrogen and oxygen atoms in total. The maximum atomic E-state index is 8.72. The number of nitrogens with zero attached hydrogens (tertiary/aromatic N) is 1. The van der Waals surface area contributed by atoms with Crippen molar-refractivity contribution in [1.82, 2.24) is 9.88 Å². The first-order valence-corrected chi connectivity index (χ1v) is 6.62. The predicted octanol–water partition coefficient (Wildman–Crippen LogP) is 2.57. The Kier molecular flexibility index (Phi) is 6.30. The summed E-state index contributed by atoms with van der Waals surface area (Å²) < 4.78 is 2.25. The van der Waals surface area contributed by atoms with E-state index in [9.17, 15) is 0 Å². The van der Waals surface area contributed by atoms with E-state index >= 15 is 0 Å². The normalized spacial score (nSPS) is 13.2. The number of aryl methyl sites for hydroxylation is 1. The molecule has 0 saturated carbocycles. The van der Waals surface area contributed by atoms with Crippen molar-refractivity contribution in [2.45, 2.75) is 45.7 Å². The smallest absolute Gasteiger partial charge is 0.0431 e. The summed E-state index contributed by atoms with van der Waals surface area (Å²) in [4.78, 5) is 0. The van der Waals surface area contributed by atoms with Gasteiger partial charge in [-0.1, -0.05) is 13.8 Å². The van der Waals surface area contributed by atoms with Crippen molar-refractivity contribution >= 4 is 0 Å². The zero-order chi connectivity index (χ0) is 12.7. The van der Waals surface area contributed by atoms with Gasteiger partial charge in [-0.3, -0.25) is 0 Å². The summed E-state index contributed by atoms with van der Waals surface area (Å²) in [6.07, 6.45) is 7.55. The molecule has 1 heterocycles. The zero-order valence-corrected chi connectivity index (χ0v) is 11.3. The lowest BCUT2D eigenvalue weighted by molar-refractivity contribution is 0.282. The fourth-order valence-electron chi connectivity index (χ4n) is 2.25. The Bertz CT molecular complexity index is 307. The summed E-state index contributed by atoms with van der Waals surface area (Å²) in [6, 6.07) is 2.64. The minimum absolute atomic E-state index is 0.312. The van der Waals surface area contributed by atoms with Gasteiger partial charge < -0.3 is 15.0 Å². The molecular weight excluding hydrogens is 212 g/mol. The molecule has 0 spiro atoms. The van der Waals surface area contributed by atoms with Crippen LogP contribution in [-0.4, -0.2) is 23.3 Å². The van der Waals surface area contributed by atoms with Gasteiger partial charge in [-0.25, -0.2) is 0 Å². The van der Waals surface area contributed by atoms with Crippen LogP contribution in [0.25, 0.3) is 0 Å². The van der Waals surface area contributed by atoms with Gasteiger partial charge in [-0.05, 0) is 43.9 Å². The Morgan fingerprint density at radius 2 is 2.06 bits per heavy atom. The first-order chi connectivity index (χ1) is 8.19. The van der Waals surface area contributed by atoms with E-state index in [-0.39, 0.29) is 0 Å². The molecular formula is C14H26N2O. The van der Waals surface area contributed by atoms with Crippen molar-refractivity contribution in [3.8, 4) is 0 Å². The quantitative estimate of drug-likeness (QED) is 0.683. The molecule has 1 unspecified atom stereocenters. The van der Waals surface area contributed by atoms with Gasteiger partial charge in [0.05, 0.1) is 0 Å². The number of hydrogen-bond donors (Lipinski definition) is 2. The van der Waals surface area contributed by atoms with E-state index in [2.05, 4.69) is 42.2 Å². The fraction of sp³-hybridized carbons (Fsp3) is 0.714. The van der Waals surface area contributed by atoms with Gasteiger partial charge in [0.25, 0.3) is 0 Å². The summed E-state index contributed by atoms with van der Waals surface area (Å²) in [6.45, 7) is 5.83. The Morgan fingerprint density at radius 3 is 2.65 bits per heavy atom. The van der Waals surface area contributed by atoms with Crippen LogP contribution in [0.4, 0.5) is 0 Å². The van der Waals surface area contributed by atoms with Gasteiger partial charge in [0.2, 0.25) is 0 Å². The predicted molar refractivity (Wildman–Crippen MR) is 72.0 cm³/mol. The Morgan fingerprint density at radius 1 is 1.29 bits per heavy atom. The topological polar surface area (TPSA) is 37.2 Å². The van der Waals surface area contributed by atoms with Gasteiger partial charge in [-0.15, -0.1) is 0 Å². The lowest BCUT2D eigenvalue weighted by Gasteiger charge is -2.18. The van der Waals surface area contributed by atoms with E-state index in [0.29, 0.717) is 18.6 Å². The molecule has 0 radical (unpaired) electrons. The van der Waals surface area contributed by atoms with Gasteiger partial charge in [0.1, 0.15) is 0 Å². The summed E-state index contributed by atoms with van der Waals surface area (Å²) in [5.74, 6) is 0.602. The van der Waals surface area contributed by atoms with Crippen LogP contribution >= 0.6 is 0 Å². The number of aromatic nitrogens is 1. The second-order valence-electron chi connectivity index (χ2n) is 4.98. The molecule has 0 fully saturated rings. The largest absolute Gasteiger partial charge is 0.396 e. The second kappa shape index (κ2) is 7.51. The molecule has 0 saturated heterocycles. The fourth-order valence-corrected chi connectivity index (χ4v) is 2.25. The van der Waals surface area contributed by atoms with E-state index in [0.717, 1.165) is 25.8 Å². The lowest BCUT2D eigenvalue weighted by Crippen LogP contribution is -2.21. The highest BCUT2D eigenvalue weighted by Crippen LogP contribution is 2.21. The van der Waals surface area contributed by atoms with Crippen LogP contribution in [0.3, 0.4) is 0 Å². The Hall–Kier alpha value is -0.800. The van der Waals surface area contributed by atoms with Crippen molar-refractivity contribution in [2.75, 3.05) is 13.7 Å². The first kappa shape index (κ1) is 14.3. The van der Waals surface area contributed by atoms with E-state index in [1.54, 1.807) is 0 Å². The van der Waals surface area contributed by atoms with Gasteiger partial charge in [-0.2, -0.15) is 0 Å². The number of aliphatic hydroxyl groups excluding tert-OH is 1. The second-order valence-corrected chi connectivity index (χ2v) is 4.98. The molecule has 1 atom stereocenters. The van der Waals surface area contributed by atoms with Gasteiger partial charge in [0, 0.05) is 31.6 Å². The maximum absolute atomic E-state index is 8.72. The highest BCUT2D eigenvalue weighted by Gasteiger charge is 2.14. The van der Waals surface area contributed by atoms with Crippen LogP contribution in [-0.2, 0) is 6.54 Å². The molecule has 0 aliphatic carbocycles. The molecule has 0 aliphatic heterocycles. The van der Waals surface area contributed by atoms with Crippen LogP contribution < -0.4 is 5.32 Å². The highest BCUT2D eigenvalue weighted by molar-refractivity contribution is 5.16. The van der Waals surface area contributed by atoms with Crippen LogP contribution in [0.2, 0.25) is 0 Å². The summed E-state index contributed by atoms with van der Waals surface area (Å²) in [7, 11) is 2.02. The van der Waals surface area contributed by atoms with Crippen LogP contribution in [0.1, 0.15) is 44.7 Å². The average molecular weight is 238 g/mol. The molecule has 0 aliphatic rings. The lowest BCUT2D eigenvalue weighted by atomic mass is 9.99. The average Bonchev–Trinajstić information content (AvgIpc) is 2.74. The van der Waals surface area contributed by atoms with Crippen LogP contribution in [0.15, 0.2) is 18.5 Å². The molecule has 98 valence electrons. The highest BCUT2D eigenvalue weighted by atomic mass is 16.2. The number of unbranched alkanes of at least 4 members (excludes halogenated alkanes) is 2. The monoisotopic (exact) mass is 238 g/mol. The summed E-state index contributed by atoms with van der Waals surface area (Å²) in [5, 5.41) is 12.1. The third kappa shape index (κ3) is 4.52. The molecule has 0 bridgehead atoms. The minimum Gasteiger partial charge on any atom is -0.396 e. The van der Waals surface area contributed by atoms with Gasteiger partial charge >= 0.3 is 0 Å². The van der Waals surface area contributed by atoms with Crippen molar-refractivity contribution in [1.29, 1.82) is 0 Å². The van der Waals surface area contributed by atoms with Crippen molar-refractivity contribution in [2.24, 2.45) is 5.92 Å². The molecule has 0 amide bonds. The number of aliphatic hydroxyl groups is 1. The zero-order valence-electron chi connectivity index (χ0n) is 11.3. The van der Waals surface area contributed by atoms with Crippen LogP contribution in [0, 0.1) is 5.92 Å². The standard InChI is InChI=1S/C14H26N2O/c1-12(2)14(15-3)13-7-9-16(11-13)8-5-4-6-10-17/h7,9,11-12,14-15,17H,4-6,8,10H2,1-3H3. The van der Waals surface area contributed by atoms with Crippen molar-refractivity contribution < 1.29 is 5.11 Å². The third-order valence-corrected chi connectivity index (χ3v) is 3.18. The van der Waals surface area contributed by atoms with Crippen LogP contribution in [0.5, 0.6) is 0 Å². The summed E-state index contributed by atoms with van der Waals surface area (Å²) >= 11 is 0. The van der Waals surface area contributed by atoms with Crippen molar-refractivity contribution in [3.63, 3.8) is 0 Å². The van der Waals surface area contributed by atoms with Gasteiger partial charge in [0.15, 0.2) is 0 Å². The van der Waals surface area contributed by atoms with E-state index in [1.165, 1.54) is 5.56 Å². The molecule has 1 aromatic heterocycles. The number of nitrogens with one attached hydrogen (secondary N) is 1. The molecule has 17 heavy (non-hydrogen) atoms. The Balaban J connectivity index is 2.46. The molecule has 3 heteroatoms. The van der Waals surface area contributed by atoms with E-state index in [1.807, 2.05) is 7.05 Å². The molecule has 2 N–H and O–H groups in total. The molecule has 1 aromatic rings. The number of hydrogen-bond acceptors (Lipinski definition) is 2. The minimum atomic E-state index is 0.312. The number of rotatable bonds is 8. The maximum Gasteiger partial charge on any atom is 0.0431 e. The molecule has 1 rings (SSSR count). The third-order valence-electron chi connectivity index (χ3n) is 3.18. The van der Waals surface area contributed by atoms with Crippen molar-refractivity contribution in [3.05, 3.63) is 24.0 Å². The van der Waals surface area contributed by atoms with E-state index in [4.69, 9.17) is 5.11 Å². The van der Waals surface area contributed by atoms with E-state index < -0.39 is 0 Å².